The molecule has 0 aliphatic rings. The number of pyridine rings is 1. The molecule has 1 amide bonds. The highest BCUT2D eigenvalue weighted by molar-refractivity contribution is 6.31. The van der Waals surface area contributed by atoms with Crippen molar-refractivity contribution >= 4 is 23.2 Å². The summed E-state index contributed by atoms with van der Waals surface area (Å²) in [5, 5.41) is 3.83. The molecule has 0 aliphatic carbocycles. The summed E-state index contributed by atoms with van der Waals surface area (Å²) < 4.78 is 0. The largest absolute Gasteiger partial charge is 0.380 e. The highest BCUT2D eigenvalue weighted by Gasteiger charge is 2.13. The maximum absolute atomic E-state index is 12.1. The highest BCUT2D eigenvalue weighted by atomic mass is 35.5. The van der Waals surface area contributed by atoms with E-state index in [2.05, 4.69) is 10.3 Å². The van der Waals surface area contributed by atoms with Gasteiger partial charge >= 0.3 is 0 Å². The highest BCUT2D eigenvalue weighted by Crippen LogP contribution is 2.22. The van der Waals surface area contributed by atoms with Gasteiger partial charge in [-0.05, 0) is 29.8 Å². The summed E-state index contributed by atoms with van der Waals surface area (Å²) in [6, 6.07) is 9.05. The standard InChI is InChI=1S/C15H16ClN3O/c1-19(2)15(20)13-6-5-12(16)8-14(13)18-10-11-4-3-7-17-9-11/h3-9,18H,10H2,1-2H3. The number of nitrogens with zero attached hydrogens (tertiary/aromatic N) is 2. The molecule has 0 spiro atoms. The van der Waals surface area contributed by atoms with Gasteiger partial charge in [0.05, 0.1) is 5.56 Å². The third kappa shape index (κ3) is 3.48. The number of halogens is 1. The van der Waals surface area contributed by atoms with Crippen LogP contribution in [0.2, 0.25) is 5.02 Å². The first-order chi connectivity index (χ1) is 9.58. The van der Waals surface area contributed by atoms with Crippen molar-refractivity contribution in [2.45, 2.75) is 6.54 Å². The SMILES string of the molecule is CN(C)C(=O)c1ccc(Cl)cc1NCc1cccnc1. The van der Waals surface area contributed by atoms with E-state index < -0.39 is 0 Å². The third-order valence-electron chi connectivity index (χ3n) is 2.82. The first kappa shape index (κ1) is 14.3. The molecule has 1 aromatic carbocycles. The Morgan fingerprint density at radius 2 is 2.15 bits per heavy atom. The summed E-state index contributed by atoms with van der Waals surface area (Å²) in [6.45, 7) is 0.585. The van der Waals surface area contributed by atoms with Crippen LogP contribution in [0.25, 0.3) is 0 Å². The van der Waals surface area contributed by atoms with Crippen LogP contribution >= 0.6 is 11.6 Å². The van der Waals surface area contributed by atoms with Gasteiger partial charge in [-0.15, -0.1) is 0 Å². The Hall–Kier alpha value is -2.07. The second-order valence-electron chi connectivity index (χ2n) is 4.60. The molecular weight excluding hydrogens is 274 g/mol. The molecule has 0 bridgehead atoms. The molecule has 5 heteroatoms. The minimum absolute atomic E-state index is 0.0599. The lowest BCUT2D eigenvalue weighted by molar-refractivity contribution is 0.0828. The molecule has 0 aliphatic heterocycles. The average Bonchev–Trinajstić information content (AvgIpc) is 2.45. The number of benzene rings is 1. The number of hydrogen-bond acceptors (Lipinski definition) is 3. The maximum Gasteiger partial charge on any atom is 0.255 e. The number of nitrogens with one attached hydrogen (secondary N) is 1. The average molecular weight is 290 g/mol. The minimum Gasteiger partial charge on any atom is -0.380 e. The van der Waals surface area contributed by atoms with Gasteiger partial charge in [-0.2, -0.15) is 0 Å². The zero-order valence-corrected chi connectivity index (χ0v) is 12.2. The quantitative estimate of drug-likeness (QED) is 0.941. The normalized spacial score (nSPS) is 10.2. The van der Waals surface area contributed by atoms with E-state index in [-0.39, 0.29) is 5.91 Å². The number of carbonyl (C=O) groups is 1. The van der Waals surface area contributed by atoms with Crippen LogP contribution in [-0.4, -0.2) is 29.9 Å². The van der Waals surface area contributed by atoms with Crippen molar-refractivity contribution in [3.63, 3.8) is 0 Å². The summed E-state index contributed by atoms with van der Waals surface area (Å²) in [6.07, 6.45) is 3.51. The molecule has 1 N–H and O–H groups in total. The smallest absolute Gasteiger partial charge is 0.255 e. The molecule has 0 radical (unpaired) electrons. The number of amides is 1. The van der Waals surface area contributed by atoms with E-state index in [4.69, 9.17) is 11.6 Å². The Kier molecular flexibility index (Phi) is 4.58. The van der Waals surface area contributed by atoms with Crippen LogP contribution in [0.5, 0.6) is 0 Å². The van der Waals surface area contributed by atoms with Crippen molar-refractivity contribution in [1.29, 1.82) is 0 Å². The lowest BCUT2D eigenvalue weighted by atomic mass is 10.1. The first-order valence-corrected chi connectivity index (χ1v) is 6.59. The van der Waals surface area contributed by atoms with E-state index in [1.807, 2.05) is 12.1 Å². The number of anilines is 1. The van der Waals surface area contributed by atoms with Crippen LogP contribution in [0.4, 0.5) is 5.69 Å². The Labute approximate surface area is 123 Å². The lowest BCUT2D eigenvalue weighted by Gasteiger charge is -2.15. The van der Waals surface area contributed by atoms with Gasteiger partial charge in [0, 0.05) is 43.7 Å². The van der Waals surface area contributed by atoms with Gasteiger partial charge in [0.25, 0.3) is 5.91 Å². The van der Waals surface area contributed by atoms with Crippen molar-refractivity contribution < 1.29 is 4.79 Å². The van der Waals surface area contributed by atoms with Crippen LogP contribution in [-0.2, 0) is 6.54 Å². The molecule has 0 atom stereocenters. The van der Waals surface area contributed by atoms with Crippen LogP contribution in [0.3, 0.4) is 0 Å². The molecule has 104 valence electrons. The molecule has 2 aromatic rings. The lowest BCUT2D eigenvalue weighted by Crippen LogP contribution is -2.23. The molecule has 0 fully saturated rings. The van der Waals surface area contributed by atoms with Gasteiger partial charge in [0.1, 0.15) is 0 Å². The summed E-state index contributed by atoms with van der Waals surface area (Å²) in [5.74, 6) is -0.0599. The minimum atomic E-state index is -0.0599. The van der Waals surface area contributed by atoms with Crippen molar-refractivity contribution in [2.75, 3.05) is 19.4 Å². The molecule has 1 aromatic heterocycles. The predicted molar refractivity (Wildman–Crippen MR) is 81.0 cm³/mol. The van der Waals surface area contributed by atoms with E-state index in [0.717, 1.165) is 11.3 Å². The summed E-state index contributed by atoms with van der Waals surface area (Å²) in [4.78, 5) is 17.7. The Morgan fingerprint density at radius 1 is 1.35 bits per heavy atom. The number of aromatic nitrogens is 1. The molecular formula is C15H16ClN3O. The number of carbonyl (C=O) groups excluding carboxylic acids is 1. The molecule has 2 rings (SSSR count). The molecule has 20 heavy (non-hydrogen) atoms. The Morgan fingerprint density at radius 3 is 2.80 bits per heavy atom. The fraction of sp³-hybridized carbons (Fsp3) is 0.200. The van der Waals surface area contributed by atoms with E-state index in [9.17, 15) is 4.79 Å². The van der Waals surface area contributed by atoms with Crippen LogP contribution in [0.15, 0.2) is 42.7 Å². The van der Waals surface area contributed by atoms with Gasteiger partial charge in [-0.25, -0.2) is 0 Å². The van der Waals surface area contributed by atoms with Gasteiger partial charge in [-0.1, -0.05) is 17.7 Å². The van der Waals surface area contributed by atoms with Crippen molar-refractivity contribution in [1.82, 2.24) is 9.88 Å². The molecule has 0 saturated heterocycles. The summed E-state index contributed by atoms with van der Waals surface area (Å²) >= 11 is 6.01. The molecule has 4 nitrogen and oxygen atoms in total. The van der Waals surface area contributed by atoms with Crippen molar-refractivity contribution in [2.24, 2.45) is 0 Å². The fourth-order valence-corrected chi connectivity index (χ4v) is 1.96. The van der Waals surface area contributed by atoms with Gasteiger partial charge in [-0.3, -0.25) is 9.78 Å². The second kappa shape index (κ2) is 6.39. The van der Waals surface area contributed by atoms with Gasteiger partial charge in [0.2, 0.25) is 0 Å². The maximum atomic E-state index is 12.1. The number of hydrogen-bond donors (Lipinski definition) is 1. The predicted octanol–water partition coefficient (Wildman–Crippen LogP) is 3.05. The summed E-state index contributed by atoms with van der Waals surface area (Å²) in [7, 11) is 3.45. The second-order valence-corrected chi connectivity index (χ2v) is 5.04. The van der Waals surface area contributed by atoms with Gasteiger partial charge in [0.15, 0.2) is 0 Å². The Bertz CT molecular complexity index is 599. The monoisotopic (exact) mass is 289 g/mol. The molecule has 0 unspecified atom stereocenters. The summed E-state index contributed by atoms with van der Waals surface area (Å²) in [5.41, 5.74) is 2.36. The van der Waals surface area contributed by atoms with E-state index in [1.54, 1.807) is 49.6 Å². The number of rotatable bonds is 4. The molecule has 0 saturated carbocycles. The van der Waals surface area contributed by atoms with Crippen LogP contribution < -0.4 is 5.32 Å². The topological polar surface area (TPSA) is 45.2 Å². The van der Waals surface area contributed by atoms with E-state index in [0.29, 0.717) is 17.1 Å². The van der Waals surface area contributed by atoms with Crippen molar-refractivity contribution in [3.8, 4) is 0 Å². The zero-order chi connectivity index (χ0) is 14.5. The van der Waals surface area contributed by atoms with Crippen LogP contribution in [0, 0.1) is 0 Å². The van der Waals surface area contributed by atoms with E-state index >= 15 is 0 Å². The third-order valence-corrected chi connectivity index (χ3v) is 3.06. The Balaban J connectivity index is 2.21. The fourth-order valence-electron chi connectivity index (χ4n) is 1.79. The van der Waals surface area contributed by atoms with Gasteiger partial charge < -0.3 is 10.2 Å². The zero-order valence-electron chi connectivity index (χ0n) is 11.4. The van der Waals surface area contributed by atoms with E-state index in [1.165, 1.54) is 0 Å². The van der Waals surface area contributed by atoms with Crippen LogP contribution in [0.1, 0.15) is 15.9 Å². The van der Waals surface area contributed by atoms with Crippen molar-refractivity contribution in [3.05, 3.63) is 58.9 Å². The molecule has 1 heterocycles. The first-order valence-electron chi connectivity index (χ1n) is 6.22.